The van der Waals surface area contributed by atoms with E-state index in [1.807, 2.05) is 19.9 Å². The van der Waals surface area contributed by atoms with Crippen LogP contribution in [0.2, 0.25) is 0 Å². The van der Waals surface area contributed by atoms with Gasteiger partial charge in [-0.3, -0.25) is 14.4 Å². The highest BCUT2D eigenvalue weighted by Gasteiger charge is 2.70. The maximum atomic E-state index is 16.0. The molecule has 0 heterocycles. The Kier molecular flexibility index (Phi) is 4.66. The summed E-state index contributed by atoms with van der Waals surface area (Å²) in [5.74, 6) is -1.19. The molecule has 0 unspecified atom stereocenters. The SMILES string of the molecule is CC(=O)O[C@]1(C(C)=O)CC[C@H]2[C@@H]3C=C(Cl)C4=CC(=O)CC[C@]4(C)[C@H]3[C@@H](F)C[C@@]21C. The van der Waals surface area contributed by atoms with Gasteiger partial charge in [0.25, 0.3) is 0 Å². The first-order chi connectivity index (χ1) is 13.5. The van der Waals surface area contributed by atoms with Crippen molar-refractivity contribution in [2.75, 3.05) is 0 Å². The molecule has 0 N–H and O–H groups in total. The number of rotatable bonds is 2. The summed E-state index contributed by atoms with van der Waals surface area (Å²) in [7, 11) is 0. The molecule has 4 aliphatic rings. The minimum atomic E-state index is -1.29. The molecule has 7 atom stereocenters. The maximum absolute atomic E-state index is 16.0. The van der Waals surface area contributed by atoms with Crippen LogP contribution >= 0.6 is 11.6 Å². The fourth-order valence-corrected chi connectivity index (χ4v) is 7.60. The van der Waals surface area contributed by atoms with Gasteiger partial charge in [-0.2, -0.15) is 0 Å². The molecule has 4 nitrogen and oxygen atoms in total. The van der Waals surface area contributed by atoms with E-state index in [4.69, 9.17) is 16.3 Å². The Hall–Kier alpha value is -1.49. The first-order valence-corrected chi connectivity index (χ1v) is 10.8. The fourth-order valence-electron chi connectivity index (χ4n) is 7.19. The Morgan fingerprint density at radius 1 is 1.24 bits per heavy atom. The summed E-state index contributed by atoms with van der Waals surface area (Å²) in [6, 6.07) is 0. The lowest BCUT2D eigenvalue weighted by Gasteiger charge is -2.58. The number of hydrogen-bond acceptors (Lipinski definition) is 4. The topological polar surface area (TPSA) is 60.4 Å². The Morgan fingerprint density at radius 3 is 2.55 bits per heavy atom. The number of allylic oxidation sites excluding steroid dienone is 4. The summed E-state index contributed by atoms with van der Waals surface area (Å²) >= 11 is 6.63. The van der Waals surface area contributed by atoms with Gasteiger partial charge in [0.1, 0.15) is 6.17 Å². The molecule has 4 rings (SSSR count). The van der Waals surface area contributed by atoms with Crippen molar-refractivity contribution in [3.05, 3.63) is 22.8 Å². The van der Waals surface area contributed by atoms with Crippen LogP contribution in [0.3, 0.4) is 0 Å². The van der Waals surface area contributed by atoms with Crippen molar-refractivity contribution in [3.8, 4) is 0 Å². The lowest BCUT2D eigenvalue weighted by Crippen LogP contribution is -2.61. The van der Waals surface area contributed by atoms with Gasteiger partial charge < -0.3 is 4.74 Å². The van der Waals surface area contributed by atoms with Gasteiger partial charge in [-0.15, -0.1) is 0 Å². The van der Waals surface area contributed by atoms with Crippen molar-refractivity contribution in [3.63, 3.8) is 0 Å². The van der Waals surface area contributed by atoms with Crippen molar-refractivity contribution in [2.24, 2.45) is 28.6 Å². The van der Waals surface area contributed by atoms with Crippen LogP contribution < -0.4 is 0 Å². The van der Waals surface area contributed by atoms with E-state index in [1.54, 1.807) is 6.08 Å². The summed E-state index contributed by atoms with van der Waals surface area (Å²) in [4.78, 5) is 36.6. The Balaban J connectivity index is 1.84. The van der Waals surface area contributed by atoms with E-state index in [-0.39, 0.29) is 35.7 Å². The van der Waals surface area contributed by atoms with Crippen molar-refractivity contribution in [1.29, 1.82) is 0 Å². The van der Waals surface area contributed by atoms with Gasteiger partial charge in [-0.25, -0.2) is 4.39 Å². The largest absolute Gasteiger partial charge is 0.451 e. The zero-order chi connectivity index (χ0) is 21.4. The molecular formula is C23H28ClFO4. The van der Waals surface area contributed by atoms with E-state index >= 15 is 4.39 Å². The van der Waals surface area contributed by atoms with Gasteiger partial charge in [0.05, 0.1) is 0 Å². The molecule has 2 fully saturated rings. The van der Waals surface area contributed by atoms with E-state index in [2.05, 4.69) is 0 Å². The van der Waals surface area contributed by atoms with Crippen LogP contribution in [0.4, 0.5) is 4.39 Å². The molecule has 0 aromatic rings. The zero-order valence-electron chi connectivity index (χ0n) is 17.4. The fraction of sp³-hybridized carbons (Fsp3) is 0.696. The van der Waals surface area contributed by atoms with Gasteiger partial charge in [-0.05, 0) is 56.1 Å². The number of alkyl halides is 1. The number of ether oxygens (including phenoxy) is 1. The van der Waals surface area contributed by atoms with Crippen molar-refractivity contribution >= 4 is 29.1 Å². The van der Waals surface area contributed by atoms with E-state index < -0.39 is 28.6 Å². The quantitative estimate of drug-likeness (QED) is 0.605. The molecule has 4 aliphatic carbocycles. The van der Waals surface area contributed by atoms with Gasteiger partial charge in [0, 0.05) is 35.1 Å². The standard InChI is InChI=1S/C23H28ClFO4/c1-12(26)23(29-13(2)27)8-6-16-15-10-18(24)17-9-14(28)5-7-21(17,3)20(15)19(25)11-22(16,23)4/h9-10,15-16,19-20H,5-8,11H2,1-4H3/t15-,16-,19-,20+,21-,22-,23-/m0/s1. The average molecular weight is 423 g/mol. The highest BCUT2D eigenvalue weighted by Crippen LogP contribution is 2.68. The number of esters is 1. The van der Waals surface area contributed by atoms with Gasteiger partial charge in [-0.1, -0.05) is 31.5 Å². The number of hydrogen-bond donors (Lipinski definition) is 0. The molecule has 0 amide bonds. The van der Waals surface area contributed by atoms with E-state index in [0.29, 0.717) is 30.7 Å². The molecule has 0 saturated heterocycles. The zero-order valence-corrected chi connectivity index (χ0v) is 18.1. The molecule has 6 heteroatoms. The van der Waals surface area contributed by atoms with Crippen molar-refractivity contribution < 1.29 is 23.5 Å². The molecule has 0 bridgehead atoms. The second kappa shape index (κ2) is 6.50. The van der Waals surface area contributed by atoms with E-state index in [9.17, 15) is 14.4 Å². The lowest BCUT2D eigenvalue weighted by atomic mass is 9.47. The molecular weight excluding hydrogens is 395 g/mol. The number of halogens is 2. The van der Waals surface area contributed by atoms with Crippen molar-refractivity contribution in [1.82, 2.24) is 0 Å². The smallest absolute Gasteiger partial charge is 0.303 e. The molecule has 0 radical (unpaired) electrons. The number of fused-ring (bicyclic) bond motifs is 5. The molecule has 0 aromatic heterocycles. The lowest BCUT2D eigenvalue weighted by molar-refractivity contribution is -0.189. The second-order valence-electron chi connectivity index (χ2n) is 9.82. The van der Waals surface area contributed by atoms with Crippen molar-refractivity contribution in [2.45, 2.75) is 71.6 Å². The summed E-state index contributed by atoms with van der Waals surface area (Å²) in [5, 5.41) is 0.520. The van der Waals surface area contributed by atoms with Gasteiger partial charge in [0.2, 0.25) is 0 Å². The highest BCUT2D eigenvalue weighted by atomic mass is 35.5. The molecule has 29 heavy (non-hydrogen) atoms. The van der Waals surface area contributed by atoms with Crippen LogP contribution in [-0.4, -0.2) is 29.3 Å². The predicted octanol–water partition coefficient (Wildman–Crippen LogP) is 4.70. The summed E-state index contributed by atoms with van der Waals surface area (Å²) in [5.41, 5.74) is -1.84. The van der Waals surface area contributed by atoms with E-state index in [0.717, 1.165) is 5.57 Å². The Labute approximate surface area is 175 Å². The van der Waals surface area contributed by atoms with Crippen LogP contribution in [0, 0.1) is 28.6 Å². The summed E-state index contributed by atoms with van der Waals surface area (Å²) in [6.07, 6.45) is 4.52. The monoisotopic (exact) mass is 422 g/mol. The normalized spacial score (nSPS) is 46.1. The minimum Gasteiger partial charge on any atom is -0.451 e. The third-order valence-electron chi connectivity index (χ3n) is 8.47. The molecule has 2 saturated carbocycles. The molecule has 158 valence electrons. The molecule has 0 aliphatic heterocycles. The number of ketones is 2. The van der Waals surface area contributed by atoms with Gasteiger partial charge >= 0.3 is 5.97 Å². The molecule has 0 aromatic carbocycles. The first-order valence-electron chi connectivity index (χ1n) is 10.4. The number of Topliss-reactive ketones (excluding diaryl/α,β-unsaturated/α-hetero) is 1. The highest BCUT2D eigenvalue weighted by molar-refractivity contribution is 6.32. The van der Waals surface area contributed by atoms with Gasteiger partial charge in [0.15, 0.2) is 17.2 Å². The molecule has 0 spiro atoms. The minimum absolute atomic E-state index is 0.0208. The van der Waals surface area contributed by atoms with Crippen LogP contribution in [0.1, 0.15) is 59.8 Å². The number of carbonyl (C=O) groups is 3. The average Bonchev–Trinajstić information content (AvgIpc) is 2.89. The van der Waals surface area contributed by atoms with Crippen LogP contribution in [0.15, 0.2) is 22.8 Å². The van der Waals surface area contributed by atoms with Crippen LogP contribution in [0.25, 0.3) is 0 Å². The maximum Gasteiger partial charge on any atom is 0.303 e. The Bertz CT molecular complexity index is 863. The van der Waals surface area contributed by atoms with E-state index in [1.165, 1.54) is 13.8 Å². The van der Waals surface area contributed by atoms with Crippen LogP contribution in [-0.2, 0) is 19.1 Å². The second-order valence-corrected chi connectivity index (χ2v) is 10.2. The third-order valence-corrected chi connectivity index (χ3v) is 8.80. The first kappa shape index (κ1) is 20.8. The predicted molar refractivity (Wildman–Crippen MR) is 107 cm³/mol. The third kappa shape index (κ3) is 2.65. The summed E-state index contributed by atoms with van der Waals surface area (Å²) in [6.45, 7) is 6.66. The Morgan fingerprint density at radius 2 is 1.93 bits per heavy atom. The number of carbonyl (C=O) groups excluding carboxylic acids is 3. The van der Waals surface area contributed by atoms with Crippen LogP contribution in [0.5, 0.6) is 0 Å². The summed E-state index contributed by atoms with van der Waals surface area (Å²) < 4.78 is 21.6.